The molecule has 1 rings (SSSR count). The predicted octanol–water partition coefficient (Wildman–Crippen LogP) is 0.0216. The minimum atomic E-state index is 0.583. The molecule has 0 aliphatic carbocycles. The van der Waals surface area contributed by atoms with E-state index in [1.807, 2.05) is 30.1 Å². The van der Waals surface area contributed by atoms with Crippen LogP contribution in [-0.2, 0) is 11.2 Å². The van der Waals surface area contributed by atoms with Gasteiger partial charge in [-0.2, -0.15) is 0 Å². The highest BCUT2D eigenvalue weighted by atomic mass is 16.5. The second kappa shape index (κ2) is 8.43. The van der Waals surface area contributed by atoms with Crippen LogP contribution < -0.4 is 11.3 Å². The van der Waals surface area contributed by atoms with Gasteiger partial charge in [-0.15, -0.1) is 0 Å². The fourth-order valence-corrected chi connectivity index (χ4v) is 1.45. The highest BCUT2D eigenvalue weighted by Crippen LogP contribution is 1.96. The van der Waals surface area contributed by atoms with Crippen molar-refractivity contribution >= 4 is 5.96 Å². The third-order valence-electron chi connectivity index (χ3n) is 2.48. The summed E-state index contributed by atoms with van der Waals surface area (Å²) in [6.45, 7) is 1.97. The molecule has 0 fully saturated rings. The molecule has 0 aliphatic rings. The fraction of sp³-hybridized carbons (Fsp3) is 0.500. The highest BCUT2D eigenvalue weighted by molar-refractivity contribution is 5.79. The van der Waals surface area contributed by atoms with Crippen molar-refractivity contribution in [1.29, 1.82) is 0 Å². The molecule has 0 aromatic carbocycles. The molecule has 1 aromatic heterocycles. The maximum Gasteiger partial charge on any atom is 0.208 e. The molecule has 0 saturated heterocycles. The zero-order valence-electron chi connectivity index (χ0n) is 11.0. The molecule has 0 saturated carbocycles. The Morgan fingerprint density at radius 3 is 3.00 bits per heavy atom. The lowest BCUT2D eigenvalue weighted by Crippen LogP contribution is -2.43. The van der Waals surface area contributed by atoms with Gasteiger partial charge in [0, 0.05) is 39.0 Å². The summed E-state index contributed by atoms with van der Waals surface area (Å²) in [6.07, 6.45) is 2.65. The molecule has 0 spiro atoms. The van der Waals surface area contributed by atoms with Crippen LogP contribution in [0.25, 0.3) is 0 Å². The van der Waals surface area contributed by atoms with Crippen molar-refractivity contribution in [3.63, 3.8) is 0 Å². The summed E-state index contributed by atoms with van der Waals surface area (Å²) in [5.41, 5.74) is 3.65. The summed E-state index contributed by atoms with van der Waals surface area (Å²) < 4.78 is 4.94. The number of hydrogen-bond donors (Lipinski definition) is 2. The molecule has 1 heterocycles. The van der Waals surface area contributed by atoms with E-state index in [1.165, 1.54) is 0 Å². The quantitative estimate of drug-likeness (QED) is 0.245. The van der Waals surface area contributed by atoms with Gasteiger partial charge in [-0.3, -0.25) is 10.4 Å². The molecule has 6 heteroatoms. The maximum absolute atomic E-state index is 5.45. The number of hydrazine groups is 1. The number of likely N-dealkylation sites (N-methyl/N-ethyl adjacent to an activating group) is 1. The zero-order valence-corrected chi connectivity index (χ0v) is 11.0. The van der Waals surface area contributed by atoms with Crippen LogP contribution in [0.1, 0.15) is 5.69 Å². The molecule has 3 N–H and O–H groups in total. The van der Waals surface area contributed by atoms with Crippen molar-refractivity contribution < 1.29 is 4.74 Å². The number of rotatable bonds is 6. The average molecular weight is 251 g/mol. The van der Waals surface area contributed by atoms with Gasteiger partial charge in [0.25, 0.3) is 0 Å². The molecule has 0 amide bonds. The second-order valence-corrected chi connectivity index (χ2v) is 3.84. The van der Waals surface area contributed by atoms with Crippen LogP contribution in [0.5, 0.6) is 0 Å². The van der Waals surface area contributed by atoms with Gasteiger partial charge >= 0.3 is 0 Å². The number of nitrogens with one attached hydrogen (secondary N) is 1. The number of nitrogens with two attached hydrogens (primary N) is 1. The van der Waals surface area contributed by atoms with Crippen molar-refractivity contribution in [3.05, 3.63) is 30.1 Å². The normalized spacial score (nSPS) is 11.4. The first kappa shape index (κ1) is 14.4. The van der Waals surface area contributed by atoms with Crippen LogP contribution in [0.4, 0.5) is 0 Å². The van der Waals surface area contributed by atoms with Gasteiger partial charge in [0.05, 0.1) is 13.2 Å². The topological polar surface area (TPSA) is 75.8 Å². The number of aliphatic imine (C=N–C) groups is 1. The van der Waals surface area contributed by atoms with Gasteiger partial charge in [-0.25, -0.2) is 10.8 Å². The monoisotopic (exact) mass is 251 g/mol. The molecule has 0 atom stereocenters. The van der Waals surface area contributed by atoms with Crippen molar-refractivity contribution in [1.82, 2.24) is 15.3 Å². The largest absolute Gasteiger partial charge is 0.383 e. The Hall–Kier alpha value is -1.66. The number of ether oxygens (including phenoxy) is 1. The molecule has 1 aromatic rings. The maximum atomic E-state index is 5.45. The van der Waals surface area contributed by atoms with Crippen LogP contribution in [0.3, 0.4) is 0 Å². The fourth-order valence-electron chi connectivity index (χ4n) is 1.45. The Balaban J connectivity index is 2.42. The van der Waals surface area contributed by atoms with Crippen LogP contribution in [-0.4, -0.2) is 49.7 Å². The van der Waals surface area contributed by atoms with E-state index in [0.29, 0.717) is 19.1 Å². The van der Waals surface area contributed by atoms with Crippen LogP contribution >= 0.6 is 0 Å². The van der Waals surface area contributed by atoms with Crippen LogP contribution in [0.15, 0.2) is 29.4 Å². The summed E-state index contributed by atoms with van der Waals surface area (Å²) in [7, 11) is 3.59. The molecule has 0 aliphatic heterocycles. The van der Waals surface area contributed by atoms with Gasteiger partial charge in [0.1, 0.15) is 0 Å². The average Bonchev–Trinajstić information content (AvgIpc) is 2.42. The Morgan fingerprint density at radius 1 is 1.56 bits per heavy atom. The van der Waals surface area contributed by atoms with E-state index in [-0.39, 0.29) is 0 Å². The zero-order chi connectivity index (χ0) is 13.2. The van der Waals surface area contributed by atoms with E-state index >= 15 is 0 Å². The summed E-state index contributed by atoms with van der Waals surface area (Å²) in [5.74, 6) is 6.10. The minimum absolute atomic E-state index is 0.583. The Labute approximate surface area is 108 Å². The van der Waals surface area contributed by atoms with Crippen LogP contribution in [0.2, 0.25) is 0 Å². The van der Waals surface area contributed by atoms with Crippen molar-refractivity contribution in [3.8, 4) is 0 Å². The molecule has 0 unspecified atom stereocenters. The summed E-state index contributed by atoms with van der Waals surface area (Å²) in [5, 5.41) is 0. The van der Waals surface area contributed by atoms with Gasteiger partial charge in [-0.1, -0.05) is 6.07 Å². The molecule has 0 radical (unpaired) electrons. The van der Waals surface area contributed by atoms with E-state index in [1.54, 1.807) is 13.3 Å². The Bertz CT molecular complexity index is 355. The first-order valence-corrected chi connectivity index (χ1v) is 5.89. The molecule has 100 valence electrons. The third kappa shape index (κ3) is 5.11. The van der Waals surface area contributed by atoms with Gasteiger partial charge < -0.3 is 9.64 Å². The molecular weight excluding hydrogens is 230 g/mol. The second-order valence-electron chi connectivity index (χ2n) is 3.84. The first-order valence-electron chi connectivity index (χ1n) is 5.89. The third-order valence-corrected chi connectivity index (χ3v) is 2.48. The lowest BCUT2D eigenvalue weighted by molar-refractivity contribution is 0.207. The van der Waals surface area contributed by atoms with Crippen molar-refractivity contribution in [2.24, 2.45) is 10.8 Å². The van der Waals surface area contributed by atoms with Crippen LogP contribution in [0, 0.1) is 0 Å². The van der Waals surface area contributed by atoms with Gasteiger partial charge in [0.15, 0.2) is 0 Å². The number of methoxy groups -OCH3 is 1. The number of aromatic nitrogens is 1. The highest BCUT2D eigenvalue weighted by Gasteiger charge is 2.04. The Morgan fingerprint density at radius 2 is 2.39 bits per heavy atom. The van der Waals surface area contributed by atoms with E-state index in [2.05, 4.69) is 15.4 Å². The number of hydrogen-bond acceptors (Lipinski definition) is 4. The molecule has 0 bridgehead atoms. The number of pyridine rings is 1. The van der Waals surface area contributed by atoms with Crippen molar-refractivity contribution in [2.45, 2.75) is 6.42 Å². The summed E-state index contributed by atoms with van der Waals surface area (Å²) in [6, 6.07) is 5.90. The van der Waals surface area contributed by atoms with E-state index in [0.717, 1.165) is 18.7 Å². The van der Waals surface area contributed by atoms with E-state index in [4.69, 9.17) is 10.6 Å². The lowest BCUT2D eigenvalue weighted by Gasteiger charge is -2.20. The van der Waals surface area contributed by atoms with Gasteiger partial charge in [0.2, 0.25) is 5.96 Å². The number of guanidine groups is 1. The first-order chi connectivity index (χ1) is 8.77. The van der Waals surface area contributed by atoms with Crippen molar-refractivity contribution in [2.75, 3.05) is 33.9 Å². The summed E-state index contributed by atoms with van der Waals surface area (Å²) in [4.78, 5) is 10.5. The smallest absolute Gasteiger partial charge is 0.208 e. The number of nitrogens with zero attached hydrogens (tertiary/aromatic N) is 3. The molecular formula is C12H21N5O. The SMILES string of the molecule is COCCN=C(NN)N(C)CCc1ccccn1. The standard InChI is InChI=1S/C12H21N5O/c1-17(12(16-13)15-8-10-18-2)9-6-11-5-3-4-7-14-11/h3-5,7H,6,8-10,13H2,1-2H3,(H,15,16). The van der Waals surface area contributed by atoms with E-state index in [9.17, 15) is 0 Å². The minimum Gasteiger partial charge on any atom is -0.383 e. The Kier molecular flexibility index (Phi) is 6.75. The summed E-state index contributed by atoms with van der Waals surface area (Å²) >= 11 is 0. The predicted molar refractivity (Wildman–Crippen MR) is 72.1 cm³/mol. The van der Waals surface area contributed by atoms with E-state index < -0.39 is 0 Å². The van der Waals surface area contributed by atoms with Gasteiger partial charge in [-0.05, 0) is 12.1 Å². The molecule has 6 nitrogen and oxygen atoms in total. The lowest BCUT2D eigenvalue weighted by atomic mass is 10.2. The molecule has 18 heavy (non-hydrogen) atoms.